The fourth-order valence-electron chi connectivity index (χ4n) is 2.55. The second kappa shape index (κ2) is 10.2. The third-order valence-corrected chi connectivity index (χ3v) is 4.55. The zero-order chi connectivity index (χ0) is 18.9. The highest BCUT2D eigenvalue weighted by Crippen LogP contribution is 2.23. The van der Waals surface area contributed by atoms with Gasteiger partial charge in [0.05, 0.1) is 22.5 Å². The summed E-state index contributed by atoms with van der Waals surface area (Å²) in [5.41, 5.74) is 1.71. The Morgan fingerprint density at radius 2 is 1.81 bits per heavy atom. The monoisotopic (exact) mass is 393 g/mol. The summed E-state index contributed by atoms with van der Waals surface area (Å²) in [5.74, 6) is -0.819. The molecule has 1 atom stereocenters. The van der Waals surface area contributed by atoms with Gasteiger partial charge in [0.15, 0.2) is 6.61 Å². The molecule has 6 heteroatoms. The third kappa shape index (κ3) is 6.36. The van der Waals surface area contributed by atoms with Gasteiger partial charge in [-0.2, -0.15) is 0 Å². The Labute approximate surface area is 163 Å². The normalized spacial score (nSPS) is 11.7. The van der Waals surface area contributed by atoms with Gasteiger partial charge in [0, 0.05) is 0 Å². The van der Waals surface area contributed by atoms with Crippen molar-refractivity contribution in [1.82, 2.24) is 5.32 Å². The molecular formula is C20H21Cl2NO3. The van der Waals surface area contributed by atoms with Crippen molar-refractivity contribution in [3.05, 3.63) is 69.7 Å². The molecule has 0 radical (unpaired) electrons. The van der Waals surface area contributed by atoms with E-state index in [1.54, 1.807) is 18.2 Å². The van der Waals surface area contributed by atoms with Crippen LogP contribution < -0.4 is 5.32 Å². The number of carbonyl (C=O) groups is 2. The molecule has 0 saturated heterocycles. The summed E-state index contributed by atoms with van der Waals surface area (Å²) in [5, 5.41) is 3.71. The van der Waals surface area contributed by atoms with Crippen molar-refractivity contribution in [2.45, 2.75) is 32.2 Å². The Balaban J connectivity index is 1.84. The first-order valence-electron chi connectivity index (χ1n) is 8.43. The molecule has 138 valence electrons. The Bertz CT molecular complexity index is 750. The van der Waals surface area contributed by atoms with Gasteiger partial charge in [0.2, 0.25) is 0 Å². The van der Waals surface area contributed by atoms with Crippen LogP contribution in [0.4, 0.5) is 0 Å². The minimum Gasteiger partial charge on any atom is -0.455 e. The molecule has 26 heavy (non-hydrogen) atoms. The van der Waals surface area contributed by atoms with Gasteiger partial charge in [0.1, 0.15) is 0 Å². The lowest BCUT2D eigenvalue weighted by molar-refractivity contribution is -0.148. The zero-order valence-corrected chi connectivity index (χ0v) is 16.0. The predicted octanol–water partition coefficient (Wildman–Crippen LogP) is 4.74. The van der Waals surface area contributed by atoms with Crippen LogP contribution in [0.3, 0.4) is 0 Å². The fraction of sp³-hybridized carbons (Fsp3) is 0.300. The van der Waals surface area contributed by atoms with Crippen LogP contribution in [-0.4, -0.2) is 18.5 Å². The number of halogens is 2. The highest BCUT2D eigenvalue weighted by molar-refractivity contribution is 6.42. The molecule has 0 aliphatic heterocycles. The van der Waals surface area contributed by atoms with Crippen molar-refractivity contribution in [1.29, 1.82) is 0 Å². The maximum absolute atomic E-state index is 12.1. The molecule has 0 saturated carbocycles. The smallest absolute Gasteiger partial charge is 0.310 e. The van der Waals surface area contributed by atoms with Gasteiger partial charge in [-0.05, 0) is 29.7 Å². The van der Waals surface area contributed by atoms with E-state index in [4.69, 9.17) is 27.9 Å². The number of carbonyl (C=O) groups excluding carboxylic acids is 2. The number of hydrogen-bond acceptors (Lipinski definition) is 3. The molecule has 0 unspecified atom stereocenters. The number of esters is 1. The molecule has 2 rings (SSSR count). The lowest BCUT2D eigenvalue weighted by atomic mass is 10.0. The summed E-state index contributed by atoms with van der Waals surface area (Å²) >= 11 is 11.8. The SMILES string of the molecule is CCC[C@H](NC(=O)COC(=O)Cc1ccc(Cl)c(Cl)c1)c1ccccc1. The molecule has 4 nitrogen and oxygen atoms in total. The molecule has 0 aliphatic rings. The Morgan fingerprint density at radius 3 is 2.46 bits per heavy atom. The van der Waals surface area contributed by atoms with Crippen LogP contribution in [0.15, 0.2) is 48.5 Å². The van der Waals surface area contributed by atoms with E-state index in [1.807, 2.05) is 30.3 Å². The fourth-order valence-corrected chi connectivity index (χ4v) is 2.87. The second-order valence-corrected chi connectivity index (χ2v) is 6.72. The summed E-state index contributed by atoms with van der Waals surface area (Å²) in [6.07, 6.45) is 1.77. The molecule has 2 aromatic carbocycles. The van der Waals surface area contributed by atoms with Crippen LogP contribution in [0, 0.1) is 0 Å². The van der Waals surface area contributed by atoms with Crippen LogP contribution in [-0.2, 0) is 20.7 Å². The van der Waals surface area contributed by atoms with Crippen LogP contribution in [0.25, 0.3) is 0 Å². The van der Waals surface area contributed by atoms with Crippen LogP contribution in [0.1, 0.15) is 36.9 Å². The first kappa shape index (κ1) is 20.3. The Kier molecular flexibility index (Phi) is 7.95. The second-order valence-electron chi connectivity index (χ2n) is 5.91. The van der Waals surface area contributed by atoms with Crippen LogP contribution in [0.2, 0.25) is 10.0 Å². The standard InChI is InChI=1S/C20H21Cl2NO3/c1-2-6-18(15-7-4-3-5-8-15)23-19(24)13-26-20(25)12-14-9-10-16(21)17(22)11-14/h3-5,7-11,18H,2,6,12-13H2,1H3,(H,23,24)/t18-/m0/s1. The summed E-state index contributed by atoms with van der Waals surface area (Å²) in [6.45, 7) is 1.74. The summed E-state index contributed by atoms with van der Waals surface area (Å²) in [4.78, 5) is 24.0. The molecule has 1 N–H and O–H groups in total. The largest absolute Gasteiger partial charge is 0.455 e. The molecule has 0 bridgehead atoms. The molecule has 0 fully saturated rings. The minimum absolute atomic E-state index is 0.0290. The molecule has 0 spiro atoms. The molecule has 1 amide bonds. The number of amides is 1. The molecule has 0 aliphatic carbocycles. The van der Waals surface area contributed by atoms with E-state index in [9.17, 15) is 9.59 Å². The minimum atomic E-state index is -0.495. The first-order valence-corrected chi connectivity index (χ1v) is 9.19. The Morgan fingerprint density at radius 1 is 1.08 bits per heavy atom. The quantitative estimate of drug-likeness (QED) is 0.659. The average molecular weight is 394 g/mol. The number of hydrogen-bond donors (Lipinski definition) is 1. The van der Waals surface area contributed by atoms with Crippen molar-refractivity contribution in [3.63, 3.8) is 0 Å². The van der Waals surface area contributed by atoms with Gasteiger partial charge in [-0.25, -0.2) is 0 Å². The van der Waals surface area contributed by atoms with Crippen LogP contribution in [0.5, 0.6) is 0 Å². The maximum atomic E-state index is 12.1. The van der Waals surface area contributed by atoms with Gasteiger partial charge in [-0.15, -0.1) is 0 Å². The van der Waals surface area contributed by atoms with E-state index in [0.29, 0.717) is 15.6 Å². The number of rotatable bonds is 8. The van der Waals surface area contributed by atoms with Gasteiger partial charge < -0.3 is 10.1 Å². The summed E-state index contributed by atoms with van der Waals surface area (Å²) < 4.78 is 5.07. The topological polar surface area (TPSA) is 55.4 Å². The van der Waals surface area contributed by atoms with Gasteiger partial charge in [-0.3, -0.25) is 9.59 Å². The first-order chi connectivity index (χ1) is 12.5. The van der Waals surface area contributed by atoms with Crippen molar-refractivity contribution in [2.75, 3.05) is 6.61 Å². The van der Waals surface area contributed by atoms with Crippen molar-refractivity contribution in [2.24, 2.45) is 0 Å². The highest BCUT2D eigenvalue weighted by Gasteiger charge is 2.15. The van der Waals surface area contributed by atoms with Gasteiger partial charge in [0.25, 0.3) is 5.91 Å². The lowest BCUT2D eigenvalue weighted by Crippen LogP contribution is -2.32. The van der Waals surface area contributed by atoms with Gasteiger partial charge >= 0.3 is 5.97 Å². The van der Waals surface area contributed by atoms with Crippen molar-refractivity contribution in [3.8, 4) is 0 Å². The van der Waals surface area contributed by atoms with Crippen molar-refractivity contribution < 1.29 is 14.3 Å². The van der Waals surface area contributed by atoms with E-state index < -0.39 is 5.97 Å². The molecule has 2 aromatic rings. The van der Waals surface area contributed by atoms with E-state index in [0.717, 1.165) is 18.4 Å². The molecule has 0 aromatic heterocycles. The van der Waals surface area contributed by atoms with Gasteiger partial charge in [-0.1, -0.05) is 72.9 Å². The maximum Gasteiger partial charge on any atom is 0.310 e. The van der Waals surface area contributed by atoms with E-state index in [-0.39, 0.29) is 25.0 Å². The number of nitrogens with one attached hydrogen (secondary N) is 1. The van der Waals surface area contributed by atoms with E-state index >= 15 is 0 Å². The molecular weight excluding hydrogens is 373 g/mol. The number of ether oxygens (including phenoxy) is 1. The highest BCUT2D eigenvalue weighted by atomic mass is 35.5. The third-order valence-electron chi connectivity index (χ3n) is 3.81. The summed E-state index contributed by atoms with van der Waals surface area (Å²) in [6, 6.07) is 14.6. The Hall–Kier alpha value is -2.04. The zero-order valence-electron chi connectivity index (χ0n) is 14.5. The van der Waals surface area contributed by atoms with E-state index in [1.165, 1.54) is 0 Å². The summed E-state index contributed by atoms with van der Waals surface area (Å²) in [7, 11) is 0. The molecule has 0 heterocycles. The predicted molar refractivity (Wildman–Crippen MR) is 103 cm³/mol. The lowest BCUT2D eigenvalue weighted by Gasteiger charge is -2.18. The average Bonchev–Trinajstić information content (AvgIpc) is 2.63. The van der Waals surface area contributed by atoms with E-state index in [2.05, 4.69) is 12.2 Å². The van der Waals surface area contributed by atoms with Crippen molar-refractivity contribution >= 4 is 35.1 Å². The van der Waals surface area contributed by atoms with Crippen LogP contribution >= 0.6 is 23.2 Å². The number of benzene rings is 2.